The molecule has 3 saturated heterocycles. The van der Waals surface area contributed by atoms with Gasteiger partial charge >= 0.3 is 6.09 Å². The number of nitrogens with zero attached hydrogens (tertiary/aromatic N) is 2. The van der Waals surface area contributed by atoms with E-state index in [1.807, 2.05) is 39.5 Å². The van der Waals surface area contributed by atoms with E-state index in [-0.39, 0.29) is 23.9 Å². The number of carbonyl (C=O) groups excluding carboxylic acids is 2. The van der Waals surface area contributed by atoms with Gasteiger partial charge in [-0.25, -0.2) is 4.79 Å². The molecule has 6 nitrogen and oxygen atoms in total. The fraction of sp³-hybridized carbons (Fsp3) is 0.875. The molecule has 2 unspecified atom stereocenters. The van der Waals surface area contributed by atoms with Gasteiger partial charge in [0.15, 0.2) is 0 Å². The molecular formula is C16H26N2O4. The lowest BCUT2D eigenvalue weighted by molar-refractivity contribution is -0.156. The number of carbonyl (C=O) groups is 2. The Balaban J connectivity index is 1.81. The lowest BCUT2D eigenvalue weighted by Gasteiger charge is -2.48. The van der Waals surface area contributed by atoms with Gasteiger partial charge in [0.1, 0.15) is 11.3 Å². The second kappa shape index (κ2) is 4.85. The topological polar surface area (TPSA) is 59.1 Å². The van der Waals surface area contributed by atoms with Crippen LogP contribution in [0.4, 0.5) is 4.79 Å². The Labute approximate surface area is 131 Å². The summed E-state index contributed by atoms with van der Waals surface area (Å²) in [5, 5.41) is 0. The van der Waals surface area contributed by atoms with Crippen LogP contribution in [0.1, 0.15) is 47.5 Å². The maximum absolute atomic E-state index is 12.6. The Bertz CT molecular complexity index is 497. The molecule has 3 aliphatic heterocycles. The number of hydrogen-bond acceptors (Lipinski definition) is 4. The van der Waals surface area contributed by atoms with Crippen LogP contribution in [0.2, 0.25) is 0 Å². The number of hydrogen-bond donors (Lipinski definition) is 0. The summed E-state index contributed by atoms with van der Waals surface area (Å²) in [4.78, 5) is 28.6. The summed E-state index contributed by atoms with van der Waals surface area (Å²) in [6.07, 6.45) is 1.68. The average Bonchev–Trinajstić information content (AvgIpc) is 2.89. The van der Waals surface area contributed by atoms with Crippen LogP contribution in [0.15, 0.2) is 0 Å². The molecule has 3 heterocycles. The zero-order chi connectivity index (χ0) is 16.3. The standard InChI is InChI=1S/C16H26N2O4/c1-15(2,3)22-14(20)18-11(9-21-16(18,4)5)12-10-7-6-8-17(10)13(12)19/h10-12H,6-9H2,1-5H3/t10?,11-,12?/m0/s1. The average molecular weight is 310 g/mol. The van der Waals surface area contributed by atoms with E-state index in [9.17, 15) is 9.59 Å². The zero-order valence-electron chi connectivity index (χ0n) is 14.1. The van der Waals surface area contributed by atoms with Crippen LogP contribution in [0.5, 0.6) is 0 Å². The first kappa shape index (κ1) is 15.6. The molecule has 0 radical (unpaired) electrons. The highest BCUT2D eigenvalue weighted by molar-refractivity contribution is 5.88. The summed E-state index contributed by atoms with van der Waals surface area (Å²) in [5.41, 5.74) is -1.31. The summed E-state index contributed by atoms with van der Waals surface area (Å²) >= 11 is 0. The lowest BCUT2D eigenvalue weighted by Crippen LogP contribution is -2.66. The minimum absolute atomic E-state index is 0.142. The predicted octanol–water partition coefficient (Wildman–Crippen LogP) is 1.98. The highest BCUT2D eigenvalue weighted by atomic mass is 16.6. The molecule has 3 aliphatic rings. The van der Waals surface area contributed by atoms with Crippen molar-refractivity contribution < 1.29 is 19.1 Å². The van der Waals surface area contributed by atoms with Crippen molar-refractivity contribution in [1.29, 1.82) is 0 Å². The Kier molecular flexibility index (Phi) is 3.43. The summed E-state index contributed by atoms with van der Waals surface area (Å²) in [5.74, 6) is 0.0131. The van der Waals surface area contributed by atoms with Crippen LogP contribution in [-0.2, 0) is 14.3 Å². The molecule has 0 saturated carbocycles. The van der Waals surface area contributed by atoms with E-state index in [1.165, 1.54) is 0 Å². The molecule has 0 bridgehead atoms. The van der Waals surface area contributed by atoms with Gasteiger partial charge in [-0.1, -0.05) is 0 Å². The summed E-state index contributed by atoms with van der Waals surface area (Å²) in [7, 11) is 0. The second-order valence-electron chi connectivity index (χ2n) is 7.94. The molecule has 3 rings (SSSR count). The second-order valence-corrected chi connectivity index (χ2v) is 7.94. The third-order valence-corrected chi connectivity index (χ3v) is 4.81. The van der Waals surface area contributed by atoms with E-state index in [2.05, 4.69) is 0 Å². The van der Waals surface area contributed by atoms with E-state index >= 15 is 0 Å². The lowest BCUT2D eigenvalue weighted by atomic mass is 9.81. The fourth-order valence-electron chi connectivity index (χ4n) is 3.90. The van der Waals surface area contributed by atoms with Crippen LogP contribution < -0.4 is 0 Å². The minimum atomic E-state index is -0.744. The predicted molar refractivity (Wildman–Crippen MR) is 80.1 cm³/mol. The highest BCUT2D eigenvalue weighted by Gasteiger charge is 2.59. The largest absolute Gasteiger partial charge is 0.444 e. The normalized spacial score (nSPS) is 33.7. The van der Waals surface area contributed by atoms with Gasteiger partial charge in [-0.2, -0.15) is 0 Å². The van der Waals surface area contributed by atoms with Gasteiger partial charge in [0.05, 0.1) is 18.6 Å². The van der Waals surface area contributed by atoms with Gasteiger partial charge < -0.3 is 14.4 Å². The van der Waals surface area contributed by atoms with Crippen molar-refractivity contribution in [3.8, 4) is 0 Å². The zero-order valence-corrected chi connectivity index (χ0v) is 14.1. The number of β-lactam (4-membered cyclic amide) rings is 1. The van der Waals surface area contributed by atoms with Crippen LogP contribution >= 0.6 is 0 Å². The first-order valence-corrected chi connectivity index (χ1v) is 8.08. The number of amides is 2. The third kappa shape index (κ3) is 2.37. The molecular weight excluding hydrogens is 284 g/mol. The van der Waals surface area contributed by atoms with Crippen LogP contribution in [0.3, 0.4) is 0 Å². The van der Waals surface area contributed by atoms with Crippen molar-refractivity contribution >= 4 is 12.0 Å². The molecule has 3 fully saturated rings. The van der Waals surface area contributed by atoms with Crippen molar-refractivity contribution in [2.45, 2.75) is 70.9 Å². The Morgan fingerprint density at radius 2 is 2.00 bits per heavy atom. The van der Waals surface area contributed by atoms with Crippen molar-refractivity contribution in [2.24, 2.45) is 5.92 Å². The maximum Gasteiger partial charge on any atom is 0.412 e. The number of ether oxygens (including phenoxy) is 2. The van der Waals surface area contributed by atoms with Gasteiger partial charge in [0.25, 0.3) is 0 Å². The van der Waals surface area contributed by atoms with E-state index < -0.39 is 17.4 Å². The number of rotatable bonds is 1. The van der Waals surface area contributed by atoms with Crippen molar-refractivity contribution in [3.05, 3.63) is 0 Å². The molecule has 0 aromatic carbocycles. The monoisotopic (exact) mass is 310 g/mol. The van der Waals surface area contributed by atoms with Gasteiger partial charge in [0.2, 0.25) is 5.91 Å². The molecule has 2 amide bonds. The van der Waals surface area contributed by atoms with E-state index in [4.69, 9.17) is 9.47 Å². The minimum Gasteiger partial charge on any atom is -0.444 e. The molecule has 3 atom stereocenters. The first-order chi connectivity index (χ1) is 10.1. The summed E-state index contributed by atoms with van der Waals surface area (Å²) in [6.45, 7) is 10.5. The van der Waals surface area contributed by atoms with Crippen molar-refractivity contribution in [3.63, 3.8) is 0 Å². The van der Waals surface area contributed by atoms with Crippen LogP contribution in [-0.4, -0.2) is 58.4 Å². The van der Waals surface area contributed by atoms with E-state index in [0.717, 1.165) is 19.4 Å². The van der Waals surface area contributed by atoms with Crippen molar-refractivity contribution in [1.82, 2.24) is 9.80 Å². The van der Waals surface area contributed by atoms with Gasteiger partial charge in [0, 0.05) is 12.6 Å². The smallest absolute Gasteiger partial charge is 0.412 e. The summed E-state index contributed by atoms with van der Waals surface area (Å²) in [6, 6.07) is 0.0386. The van der Waals surface area contributed by atoms with Crippen molar-refractivity contribution in [2.75, 3.05) is 13.2 Å². The van der Waals surface area contributed by atoms with Gasteiger partial charge in [-0.15, -0.1) is 0 Å². The summed E-state index contributed by atoms with van der Waals surface area (Å²) < 4.78 is 11.3. The molecule has 0 aromatic rings. The number of fused-ring (bicyclic) bond motifs is 1. The molecule has 124 valence electrons. The maximum atomic E-state index is 12.6. The fourth-order valence-corrected chi connectivity index (χ4v) is 3.90. The molecule has 0 aliphatic carbocycles. The molecule has 6 heteroatoms. The molecule has 0 N–H and O–H groups in total. The quantitative estimate of drug-likeness (QED) is 0.695. The van der Waals surface area contributed by atoms with Gasteiger partial charge in [-0.3, -0.25) is 9.69 Å². The Morgan fingerprint density at radius 1 is 1.32 bits per heavy atom. The highest BCUT2D eigenvalue weighted by Crippen LogP contribution is 2.43. The van der Waals surface area contributed by atoms with Gasteiger partial charge in [-0.05, 0) is 47.5 Å². The first-order valence-electron chi connectivity index (χ1n) is 8.08. The SMILES string of the molecule is CC(C)(C)OC(=O)N1[C@H](C2C(=O)N3CCCC23)COC1(C)C. The van der Waals surface area contributed by atoms with E-state index in [0.29, 0.717) is 6.61 Å². The molecule has 22 heavy (non-hydrogen) atoms. The van der Waals surface area contributed by atoms with E-state index in [1.54, 1.807) is 4.90 Å². The molecule has 0 aromatic heterocycles. The molecule has 0 spiro atoms. The van der Waals surface area contributed by atoms with Crippen LogP contribution in [0.25, 0.3) is 0 Å². The Morgan fingerprint density at radius 3 is 2.64 bits per heavy atom. The van der Waals surface area contributed by atoms with Crippen LogP contribution in [0, 0.1) is 5.92 Å². The third-order valence-electron chi connectivity index (χ3n) is 4.81. The Hall–Kier alpha value is -1.30.